The van der Waals surface area contributed by atoms with Gasteiger partial charge in [0.15, 0.2) is 9.84 Å². The highest BCUT2D eigenvalue weighted by Gasteiger charge is 2.36. The first-order chi connectivity index (χ1) is 10.5. The van der Waals surface area contributed by atoms with E-state index in [1.54, 1.807) is 0 Å². The Hall–Kier alpha value is -1.85. The highest BCUT2D eigenvalue weighted by atomic mass is 32.2. The lowest BCUT2D eigenvalue weighted by Crippen LogP contribution is -2.31. The molecular weight excluding hydrogens is 298 g/mol. The van der Waals surface area contributed by atoms with Crippen molar-refractivity contribution in [2.45, 2.75) is 18.6 Å². The molecule has 2 aromatic rings. The largest absolute Gasteiger partial charge is 0.390 e. The minimum absolute atomic E-state index is 0.00846. The van der Waals surface area contributed by atoms with Gasteiger partial charge in [-0.05, 0) is 40.8 Å². The molecule has 2 atom stereocenters. The number of anilines is 1. The molecule has 0 unspecified atom stereocenters. The van der Waals surface area contributed by atoms with E-state index >= 15 is 0 Å². The Labute approximate surface area is 129 Å². The molecule has 4 rings (SSSR count). The number of fused-ring (bicyclic) bond motifs is 3. The van der Waals surface area contributed by atoms with Crippen LogP contribution in [0.4, 0.5) is 5.69 Å². The van der Waals surface area contributed by atoms with Gasteiger partial charge < -0.3 is 10.4 Å². The van der Waals surface area contributed by atoms with E-state index in [0.717, 1.165) is 12.1 Å². The zero-order chi connectivity index (χ0) is 15.3. The third kappa shape index (κ3) is 2.30. The Morgan fingerprint density at radius 3 is 2.55 bits per heavy atom. The van der Waals surface area contributed by atoms with Crippen LogP contribution in [0.25, 0.3) is 11.1 Å². The first-order valence-corrected chi connectivity index (χ1v) is 9.20. The van der Waals surface area contributed by atoms with Gasteiger partial charge in [-0.1, -0.05) is 30.3 Å². The van der Waals surface area contributed by atoms with E-state index in [1.807, 2.05) is 18.2 Å². The number of sulfone groups is 1. The van der Waals surface area contributed by atoms with Gasteiger partial charge in [0, 0.05) is 5.69 Å². The highest BCUT2D eigenvalue weighted by molar-refractivity contribution is 7.91. The fourth-order valence-electron chi connectivity index (χ4n) is 3.42. The van der Waals surface area contributed by atoms with Gasteiger partial charge in [-0.3, -0.25) is 0 Å². The van der Waals surface area contributed by atoms with E-state index in [0.29, 0.717) is 0 Å². The van der Waals surface area contributed by atoms with Gasteiger partial charge in [0.05, 0.1) is 23.7 Å². The zero-order valence-electron chi connectivity index (χ0n) is 12.0. The molecule has 2 N–H and O–H groups in total. The first-order valence-electron chi connectivity index (χ1n) is 7.38. The van der Waals surface area contributed by atoms with Gasteiger partial charge in [-0.25, -0.2) is 8.42 Å². The second kappa shape index (κ2) is 4.83. The number of aliphatic hydroxyl groups is 1. The third-order valence-corrected chi connectivity index (χ3v) is 6.18. The molecule has 0 bridgehead atoms. The van der Waals surface area contributed by atoms with Crippen molar-refractivity contribution in [2.75, 3.05) is 16.8 Å². The standard InChI is InChI=1S/C17H17NO3S/c19-17-10-22(20,21)9-16(17)18-13-5-6-15-12(8-13)7-11-3-1-2-4-14(11)15/h1-6,8,16-19H,7,9-10H2/t16-,17-/m1/s1. The maximum atomic E-state index is 11.6. The molecule has 0 spiro atoms. The molecule has 114 valence electrons. The summed E-state index contributed by atoms with van der Waals surface area (Å²) in [4.78, 5) is 0. The predicted molar refractivity (Wildman–Crippen MR) is 86.8 cm³/mol. The van der Waals surface area contributed by atoms with Crippen LogP contribution in [0.5, 0.6) is 0 Å². The summed E-state index contributed by atoms with van der Waals surface area (Å²) in [5, 5.41) is 13.1. The molecule has 0 amide bonds. The van der Waals surface area contributed by atoms with Crippen LogP contribution in [-0.2, 0) is 16.3 Å². The zero-order valence-corrected chi connectivity index (χ0v) is 12.8. The molecule has 22 heavy (non-hydrogen) atoms. The number of benzene rings is 2. The number of rotatable bonds is 2. The number of nitrogens with one attached hydrogen (secondary N) is 1. The molecule has 4 nitrogen and oxygen atoms in total. The summed E-state index contributed by atoms with van der Waals surface area (Å²) >= 11 is 0. The molecule has 1 heterocycles. The maximum absolute atomic E-state index is 11.6. The smallest absolute Gasteiger partial charge is 0.155 e. The molecular formula is C17H17NO3S. The quantitative estimate of drug-likeness (QED) is 0.757. The molecule has 1 aliphatic heterocycles. The van der Waals surface area contributed by atoms with Crippen molar-refractivity contribution in [2.24, 2.45) is 0 Å². The third-order valence-electron chi connectivity index (χ3n) is 4.47. The van der Waals surface area contributed by atoms with E-state index in [4.69, 9.17) is 0 Å². The van der Waals surface area contributed by atoms with Gasteiger partial charge in [-0.15, -0.1) is 0 Å². The summed E-state index contributed by atoms with van der Waals surface area (Å²) in [6.07, 6.45) is 0.0578. The minimum atomic E-state index is -3.13. The van der Waals surface area contributed by atoms with Crippen molar-refractivity contribution in [1.82, 2.24) is 0 Å². The summed E-state index contributed by atoms with van der Waals surface area (Å²) in [5.74, 6) is -0.160. The Balaban J connectivity index is 1.60. The van der Waals surface area contributed by atoms with Crippen LogP contribution in [-0.4, -0.2) is 37.2 Å². The molecule has 1 saturated heterocycles. The molecule has 2 aliphatic rings. The van der Waals surface area contributed by atoms with E-state index in [1.165, 1.54) is 22.3 Å². The summed E-state index contributed by atoms with van der Waals surface area (Å²) in [5.41, 5.74) is 5.93. The van der Waals surface area contributed by atoms with Crippen LogP contribution in [0.3, 0.4) is 0 Å². The van der Waals surface area contributed by atoms with Gasteiger partial charge >= 0.3 is 0 Å². The molecule has 1 fully saturated rings. The van der Waals surface area contributed by atoms with Crippen LogP contribution in [0.15, 0.2) is 42.5 Å². The van der Waals surface area contributed by atoms with Gasteiger partial charge in [0.1, 0.15) is 0 Å². The molecule has 2 aromatic carbocycles. The maximum Gasteiger partial charge on any atom is 0.155 e. The summed E-state index contributed by atoms with van der Waals surface area (Å²) < 4.78 is 23.2. The highest BCUT2D eigenvalue weighted by Crippen LogP contribution is 2.37. The number of hydrogen-bond acceptors (Lipinski definition) is 4. The Morgan fingerprint density at radius 1 is 1.00 bits per heavy atom. The molecule has 0 saturated carbocycles. The topological polar surface area (TPSA) is 66.4 Å². The normalized spacial score (nSPS) is 24.8. The van der Waals surface area contributed by atoms with Gasteiger partial charge in [0.25, 0.3) is 0 Å². The van der Waals surface area contributed by atoms with Crippen molar-refractivity contribution in [3.05, 3.63) is 53.6 Å². The molecule has 0 aromatic heterocycles. The summed E-state index contributed by atoms with van der Waals surface area (Å²) in [6, 6.07) is 14.0. The van der Waals surface area contributed by atoms with Crippen molar-refractivity contribution >= 4 is 15.5 Å². The molecule has 5 heteroatoms. The Morgan fingerprint density at radius 2 is 1.77 bits per heavy atom. The second-order valence-corrected chi connectivity index (χ2v) is 8.25. The van der Waals surface area contributed by atoms with Crippen LogP contribution in [0.2, 0.25) is 0 Å². The Bertz CT molecular complexity index is 845. The van der Waals surface area contributed by atoms with Crippen molar-refractivity contribution in [3.8, 4) is 11.1 Å². The van der Waals surface area contributed by atoms with Crippen LogP contribution in [0.1, 0.15) is 11.1 Å². The lowest BCUT2D eigenvalue weighted by Gasteiger charge is -2.17. The summed E-state index contributed by atoms with van der Waals surface area (Å²) in [7, 11) is -3.13. The molecule has 0 radical (unpaired) electrons. The van der Waals surface area contributed by atoms with E-state index in [2.05, 4.69) is 29.6 Å². The number of hydrogen-bond donors (Lipinski definition) is 2. The summed E-state index contributed by atoms with van der Waals surface area (Å²) in [6.45, 7) is 0. The average molecular weight is 315 g/mol. The average Bonchev–Trinajstić information content (AvgIpc) is 2.95. The van der Waals surface area contributed by atoms with Crippen LogP contribution in [0, 0.1) is 0 Å². The fraction of sp³-hybridized carbons (Fsp3) is 0.294. The SMILES string of the molecule is O=S1(=O)C[C@@H](O)[C@H](Nc2ccc3c(c2)Cc2ccccc2-3)C1. The fourth-order valence-corrected chi connectivity index (χ4v) is 5.16. The lowest BCUT2D eigenvalue weighted by atomic mass is 10.1. The monoisotopic (exact) mass is 315 g/mol. The van der Waals surface area contributed by atoms with Gasteiger partial charge in [0.2, 0.25) is 0 Å². The lowest BCUT2D eigenvalue weighted by molar-refractivity contribution is 0.190. The second-order valence-electron chi connectivity index (χ2n) is 6.10. The minimum Gasteiger partial charge on any atom is -0.390 e. The van der Waals surface area contributed by atoms with Crippen molar-refractivity contribution in [3.63, 3.8) is 0 Å². The number of aliphatic hydroxyl groups excluding tert-OH is 1. The van der Waals surface area contributed by atoms with Crippen LogP contribution >= 0.6 is 0 Å². The van der Waals surface area contributed by atoms with Crippen LogP contribution < -0.4 is 5.32 Å². The van der Waals surface area contributed by atoms with E-state index < -0.39 is 22.0 Å². The van der Waals surface area contributed by atoms with Gasteiger partial charge in [-0.2, -0.15) is 0 Å². The van der Waals surface area contributed by atoms with Crippen molar-refractivity contribution < 1.29 is 13.5 Å². The Kier molecular flexibility index (Phi) is 3.03. The first kappa shape index (κ1) is 13.8. The molecule has 1 aliphatic carbocycles. The van der Waals surface area contributed by atoms with E-state index in [9.17, 15) is 13.5 Å². The van der Waals surface area contributed by atoms with E-state index in [-0.39, 0.29) is 11.5 Å². The predicted octanol–water partition coefficient (Wildman–Crippen LogP) is 1.83. The van der Waals surface area contributed by atoms with Crippen molar-refractivity contribution in [1.29, 1.82) is 0 Å².